The average molecular weight is 422 g/mol. The van der Waals surface area contributed by atoms with Crippen molar-refractivity contribution in [1.29, 1.82) is 0 Å². The summed E-state index contributed by atoms with van der Waals surface area (Å²) in [5, 5.41) is 3.17. The van der Waals surface area contributed by atoms with Crippen LogP contribution in [-0.2, 0) is 13.1 Å². The number of nitrogens with zero attached hydrogens (tertiary/aromatic N) is 2. The van der Waals surface area contributed by atoms with Crippen molar-refractivity contribution in [2.75, 3.05) is 0 Å². The zero-order valence-electron chi connectivity index (χ0n) is 18.5. The molecule has 1 unspecified atom stereocenters. The summed E-state index contributed by atoms with van der Waals surface area (Å²) >= 11 is 0. The van der Waals surface area contributed by atoms with Crippen molar-refractivity contribution in [2.24, 2.45) is 0 Å². The maximum absolute atomic E-state index is 13.6. The van der Waals surface area contributed by atoms with Crippen molar-refractivity contribution >= 4 is 6.03 Å². The number of amides is 2. The summed E-state index contributed by atoms with van der Waals surface area (Å²) in [5.41, 5.74) is 7.97. The predicted molar refractivity (Wildman–Crippen MR) is 128 cm³/mol. The smallest absolute Gasteiger partial charge is 0.318 e. The Hall–Kier alpha value is -3.79. The summed E-state index contributed by atoms with van der Waals surface area (Å²) in [5.74, 6) is 0. The van der Waals surface area contributed by atoms with Crippen molar-refractivity contribution in [2.45, 2.75) is 33.0 Å². The van der Waals surface area contributed by atoms with Gasteiger partial charge < -0.3 is 14.8 Å². The first kappa shape index (κ1) is 20.1. The second kappa shape index (κ2) is 8.39. The fourth-order valence-electron chi connectivity index (χ4n) is 4.55. The summed E-state index contributed by atoms with van der Waals surface area (Å²) in [4.78, 5) is 15.6. The van der Waals surface area contributed by atoms with Gasteiger partial charge in [-0.25, -0.2) is 4.79 Å². The van der Waals surface area contributed by atoms with Gasteiger partial charge in [0.2, 0.25) is 0 Å². The van der Waals surface area contributed by atoms with E-state index in [1.807, 2.05) is 17.0 Å². The Labute approximate surface area is 189 Å². The lowest BCUT2D eigenvalue weighted by Crippen LogP contribution is -2.41. The highest BCUT2D eigenvalue weighted by molar-refractivity contribution is 5.76. The molecule has 0 fully saturated rings. The first-order valence-electron chi connectivity index (χ1n) is 11.0. The van der Waals surface area contributed by atoms with E-state index in [1.165, 1.54) is 11.1 Å². The lowest BCUT2D eigenvalue weighted by molar-refractivity contribution is 0.180. The molecule has 1 aliphatic rings. The van der Waals surface area contributed by atoms with Gasteiger partial charge in [0.05, 0.1) is 12.2 Å². The maximum atomic E-state index is 13.6. The minimum Gasteiger partial charge on any atom is -0.334 e. The second-order valence-corrected chi connectivity index (χ2v) is 8.46. The molecule has 1 aliphatic heterocycles. The molecule has 0 radical (unpaired) electrons. The first-order valence-corrected chi connectivity index (χ1v) is 11.0. The minimum atomic E-state index is -0.184. The van der Waals surface area contributed by atoms with Gasteiger partial charge in [0.25, 0.3) is 0 Å². The van der Waals surface area contributed by atoms with Gasteiger partial charge in [-0.15, -0.1) is 0 Å². The molecule has 0 aliphatic carbocycles. The van der Waals surface area contributed by atoms with Gasteiger partial charge in [0.15, 0.2) is 0 Å². The van der Waals surface area contributed by atoms with E-state index < -0.39 is 0 Å². The van der Waals surface area contributed by atoms with Gasteiger partial charge >= 0.3 is 6.03 Å². The number of aromatic nitrogens is 1. The van der Waals surface area contributed by atoms with Crippen LogP contribution in [0.5, 0.6) is 0 Å². The highest BCUT2D eigenvalue weighted by Gasteiger charge is 2.33. The number of rotatable bonds is 3. The molecule has 1 atom stereocenters. The number of aryl methyl sites for hydroxylation is 2. The van der Waals surface area contributed by atoms with Gasteiger partial charge in [0.1, 0.15) is 6.04 Å². The molecule has 5 rings (SSSR count). The van der Waals surface area contributed by atoms with E-state index in [0.717, 1.165) is 28.1 Å². The lowest BCUT2D eigenvalue weighted by atomic mass is 9.97. The number of hydrogen-bond acceptors (Lipinski definition) is 1. The lowest BCUT2D eigenvalue weighted by Gasteiger charge is -2.32. The summed E-state index contributed by atoms with van der Waals surface area (Å²) in [6.07, 6.45) is 2.09. The molecule has 0 saturated heterocycles. The van der Waals surface area contributed by atoms with Crippen LogP contribution in [0.25, 0.3) is 5.69 Å². The van der Waals surface area contributed by atoms with Gasteiger partial charge in [-0.3, -0.25) is 0 Å². The fourth-order valence-corrected chi connectivity index (χ4v) is 4.55. The molecule has 0 bridgehead atoms. The molecule has 1 aromatic heterocycles. The molecule has 0 saturated carbocycles. The molecule has 1 N–H and O–H groups in total. The van der Waals surface area contributed by atoms with Crippen LogP contribution in [0, 0.1) is 13.8 Å². The second-order valence-electron chi connectivity index (χ2n) is 8.46. The summed E-state index contributed by atoms with van der Waals surface area (Å²) in [7, 11) is 0. The Morgan fingerprint density at radius 1 is 0.906 bits per heavy atom. The van der Waals surface area contributed by atoms with Crippen molar-refractivity contribution in [3.05, 3.63) is 125 Å². The molecule has 4 heteroatoms. The number of carbonyl (C=O) groups is 1. The molecule has 160 valence electrons. The summed E-state index contributed by atoms with van der Waals surface area (Å²) in [6.45, 7) is 5.22. The van der Waals surface area contributed by atoms with Gasteiger partial charge in [0, 0.05) is 18.4 Å². The SMILES string of the molecule is Cc1ccc(CNC(=O)N2Cc3ccccc3-n3cccc3C2c2ccccc2C)cc1. The molecule has 3 aromatic carbocycles. The van der Waals surface area contributed by atoms with Gasteiger partial charge in [-0.05, 0) is 54.3 Å². The van der Waals surface area contributed by atoms with E-state index in [1.54, 1.807) is 0 Å². The Balaban J connectivity index is 1.56. The van der Waals surface area contributed by atoms with Crippen molar-refractivity contribution in [1.82, 2.24) is 14.8 Å². The van der Waals surface area contributed by atoms with E-state index in [9.17, 15) is 4.79 Å². The number of para-hydroxylation sites is 1. The molecular weight excluding hydrogens is 394 g/mol. The maximum Gasteiger partial charge on any atom is 0.318 e. The predicted octanol–water partition coefficient (Wildman–Crippen LogP) is 5.91. The Kier molecular flexibility index (Phi) is 5.28. The number of urea groups is 1. The standard InChI is InChI=1S/C28H27N3O/c1-20-13-15-22(16-14-20)18-29-28(32)31-19-23-9-4-6-11-25(23)30-17-7-12-26(30)27(31)24-10-5-3-8-21(24)2/h3-17,27H,18-19H2,1-2H3,(H,29,32). The molecule has 0 spiro atoms. The highest BCUT2D eigenvalue weighted by atomic mass is 16.2. The number of hydrogen-bond donors (Lipinski definition) is 1. The third kappa shape index (κ3) is 3.69. The zero-order valence-corrected chi connectivity index (χ0v) is 18.5. The third-order valence-corrected chi connectivity index (χ3v) is 6.27. The highest BCUT2D eigenvalue weighted by Crippen LogP contribution is 2.37. The Bertz CT molecular complexity index is 1260. The quantitative estimate of drug-likeness (QED) is 0.439. The summed E-state index contributed by atoms with van der Waals surface area (Å²) in [6, 6.07) is 28.9. The zero-order chi connectivity index (χ0) is 22.1. The van der Waals surface area contributed by atoms with Gasteiger partial charge in [-0.2, -0.15) is 0 Å². The van der Waals surface area contributed by atoms with E-state index in [-0.39, 0.29) is 12.1 Å². The molecular formula is C28H27N3O. The van der Waals surface area contributed by atoms with Crippen LogP contribution >= 0.6 is 0 Å². The van der Waals surface area contributed by atoms with Crippen LogP contribution in [0.3, 0.4) is 0 Å². The Morgan fingerprint density at radius 3 is 2.47 bits per heavy atom. The van der Waals surface area contributed by atoms with E-state index >= 15 is 0 Å². The van der Waals surface area contributed by atoms with E-state index in [4.69, 9.17) is 0 Å². The van der Waals surface area contributed by atoms with Gasteiger partial charge in [-0.1, -0.05) is 72.3 Å². The number of carbonyl (C=O) groups excluding carboxylic acids is 1. The largest absolute Gasteiger partial charge is 0.334 e. The monoisotopic (exact) mass is 421 g/mol. The molecule has 32 heavy (non-hydrogen) atoms. The summed E-state index contributed by atoms with van der Waals surface area (Å²) < 4.78 is 2.22. The van der Waals surface area contributed by atoms with Crippen LogP contribution in [0.4, 0.5) is 4.79 Å². The van der Waals surface area contributed by atoms with Crippen LogP contribution in [0.1, 0.15) is 39.6 Å². The average Bonchev–Trinajstić information content (AvgIpc) is 3.24. The van der Waals surface area contributed by atoms with Crippen molar-refractivity contribution < 1.29 is 4.79 Å². The molecule has 4 aromatic rings. The topological polar surface area (TPSA) is 37.3 Å². The normalized spacial score (nSPS) is 14.9. The van der Waals surface area contributed by atoms with Crippen LogP contribution in [-0.4, -0.2) is 15.5 Å². The number of fused-ring (bicyclic) bond motifs is 3. The van der Waals surface area contributed by atoms with E-state index in [2.05, 4.69) is 103 Å². The van der Waals surface area contributed by atoms with Crippen LogP contribution in [0.15, 0.2) is 91.1 Å². The fraction of sp³-hybridized carbons (Fsp3) is 0.179. The Morgan fingerprint density at radius 2 is 1.66 bits per heavy atom. The number of nitrogens with one attached hydrogen (secondary N) is 1. The van der Waals surface area contributed by atoms with Crippen molar-refractivity contribution in [3.63, 3.8) is 0 Å². The molecule has 4 nitrogen and oxygen atoms in total. The third-order valence-electron chi connectivity index (χ3n) is 6.27. The number of benzene rings is 3. The van der Waals surface area contributed by atoms with E-state index in [0.29, 0.717) is 13.1 Å². The van der Waals surface area contributed by atoms with Crippen LogP contribution < -0.4 is 5.32 Å². The minimum absolute atomic E-state index is 0.0664. The molecule has 2 amide bonds. The van der Waals surface area contributed by atoms with Crippen molar-refractivity contribution in [3.8, 4) is 5.69 Å². The molecule has 2 heterocycles. The van der Waals surface area contributed by atoms with Crippen LogP contribution in [0.2, 0.25) is 0 Å². The first-order chi connectivity index (χ1) is 15.6.